The van der Waals surface area contributed by atoms with Crippen LogP contribution in [0.4, 0.5) is 10.1 Å². The Hall–Kier alpha value is -1.88. The summed E-state index contributed by atoms with van der Waals surface area (Å²) in [5.41, 5.74) is 2.06. The Morgan fingerprint density at radius 2 is 2.19 bits per heavy atom. The Bertz CT molecular complexity index is 604. The number of hydrogen-bond acceptors (Lipinski definition) is 3. The van der Waals surface area contributed by atoms with Gasteiger partial charge in [-0.25, -0.2) is 4.39 Å². The van der Waals surface area contributed by atoms with Crippen LogP contribution >= 0.6 is 11.8 Å². The Kier molecular flexibility index (Phi) is 5.75. The van der Waals surface area contributed by atoms with Crippen LogP contribution in [-0.4, -0.2) is 16.6 Å². The Labute approximate surface area is 128 Å². The van der Waals surface area contributed by atoms with Gasteiger partial charge >= 0.3 is 0 Å². The number of carbonyl (C=O) groups is 1. The number of rotatable bonds is 6. The van der Waals surface area contributed by atoms with Crippen molar-refractivity contribution in [3.05, 3.63) is 59.7 Å². The zero-order valence-corrected chi connectivity index (χ0v) is 12.6. The van der Waals surface area contributed by atoms with Gasteiger partial charge in [0.2, 0.25) is 5.91 Å². The zero-order valence-electron chi connectivity index (χ0n) is 11.8. The SMILES string of the molecule is Cc1ccc(NC(=O)CCSCc2ccccn2)c(F)c1. The molecule has 0 saturated carbocycles. The van der Waals surface area contributed by atoms with Gasteiger partial charge < -0.3 is 5.32 Å². The van der Waals surface area contributed by atoms with Crippen LogP contribution in [0.1, 0.15) is 17.7 Å². The van der Waals surface area contributed by atoms with Crippen molar-refractivity contribution in [2.45, 2.75) is 19.1 Å². The van der Waals surface area contributed by atoms with E-state index in [1.165, 1.54) is 6.07 Å². The van der Waals surface area contributed by atoms with Gasteiger partial charge in [0.15, 0.2) is 0 Å². The van der Waals surface area contributed by atoms with Gasteiger partial charge in [-0.15, -0.1) is 0 Å². The largest absolute Gasteiger partial charge is 0.324 e. The third-order valence-corrected chi connectivity index (χ3v) is 3.84. The highest BCUT2D eigenvalue weighted by Gasteiger charge is 2.07. The third kappa shape index (κ3) is 5.19. The predicted octanol–water partition coefficient (Wildman–Crippen LogP) is 3.79. The maximum Gasteiger partial charge on any atom is 0.225 e. The number of nitrogens with zero attached hydrogens (tertiary/aromatic N) is 1. The molecule has 2 rings (SSSR count). The minimum absolute atomic E-state index is 0.175. The minimum atomic E-state index is -0.399. The fourth-order valence-electron chi connectivity index (χ4n) is 1.76. The monoisotopic (exact) mass is 304 g/mol. The average molecular weight is 304 g/mol. The molecule has 1 aromatic heterocycles. The van der Waals surface area contributed by atoms with Crippen LogP contribution in [0.15, 0.2) is 42.6 Å². The van der Waals surface area contributed by atoms with E-state index in [4.69, 9.17) is 0 Å². The van der Waals surface area contributed by atoms with Crippen molar-refractivity contribution >= 4 is 23.4 Å². The van der Waals surface area contributed by atoms with Gasteiger partial charge in [0.25, 0.3) is 0 Å². The molecule has 2 aromatic rings. The van der Waals surface area contributed by atoms with Crippen molar-refractivity contribution in [2.24, 2.45) is 0 Å². The number of carbonyl (C=O) groups excluding carboxylic acids is 1. The highest BCUT2D eigenvalue weighted by atomic mass is 32.2. The first kappa shape index (κ1) is 15.5. The van der Waals surface area contributed by atoms with E-state index >= 15 is 0 Å². The molecule has 21 heavy (non-hydrogen) atoms. The van der Waals surface area contributed by atoms with Gasteiger partial charge in [0.1, 0.15) is 5.82 Å². The summed E-state index contributed by atoms with van der Waals surface area (Å²) in [6.45, 7) is 1.81. The number of amides is 1. The summed E-state index contributed by atoms with van der Waals surface area (Å²) in [4.78, 5) is 16.0. The highest BCUT2D eigenvalue weighted by Crippen LogP contribution is 2.16. The summed E-state index contributed by atoms with van der Waals surface area (Å²) in [6, 6.07) is 10.5. The third-order valence-electron chi connectivity index (χ3n) is 2.85. The molecule has 0 unspecified atom stereocenters. The van der Waals surface area contributed by atoms with Crippen LogP contribution in [0.3, 0.4) is 0 Å². The van der Waals surface area contributed by atoms with E-state index in [1.54, 1.807) is 30.1 Å². The lowest BCUT2D eigenvalue weighted by Crippen LogP contribution is -2.13. The maximum absolute atomic E-state index is 13.6. The number of hydrogen-bond donors (Lipinski definition) is 1. The number of nitrogens with one attached hydrogen (secondary N) is 1. The minimum Gasteiger partial charge on any atom is -0.324 e. The average Bonchev–Trinajstić information content (AvgIpc) is 2.48. The fourth-order valence-corrected chi connectivity index (χ4v) is 2.61. The van der Waals surface area contributed by atoms with E-state index < -0.39 is 5.82 Å². The lowest BCUT2D eigenvalue weighted by Gasteiger charge is -2.07. The van der Waals surface area contributed by atoms with Crippen LogP contribution in [0.2, 0.25) is 0 Å². The molecule has 5 heteroatoms. The highest BCUT2D eigenvalue weighted by molar-refractivity contribution is 7.98. The topological polar surface area (TPSA) is 42.0 Å². The van der Waals surface area contributed by atoms with Crippen molar-refractivity contribution in [2.75, 3.05) is 11.1 Å². The smallest absolute Gasteiger partial charge is 0.225 e. The molecule has 3 nitrogen and oxygen atoms in total. The van der Waals surface area contributed by atoms with Crippen LogP contribution in [0.5, 0.6) is 0 Å². The van der Waals surface area contributed by atoms with Crippen LogP contribution in [0, 0.1) is 12.7 Å². The van der Waals surface area contributed by atoms with Gasteiger partial charge in [-0.2, -0.15) is 11.8 Å². The molecule has 0 atom stereocenters. The summed E-state index contributed by atoms with van der Waals surface area (Å²) in [5.74, 6) is 0.874. The summed E-state index contributed by atoms with van der Waals surface area (Å²) < 4.78 is 13.6. The van der Waals surface area contributed by atoms with Crippen molar-refractivity contribution < 1.29 is 9.18 Å². The number of aryl methyl sites for hydroxylation is 1. The first-order valence-electron chi connectivity index (χ1n) is 6.69. The van der Waals surface area contributed by atoms with Crippen molar-refractivity contribution in [3.8, 4) is 0 Å². The normalized spacial score (nSPS) is 10.4. The molecule has 0 aliphatic carbocycles. The number of pyridine rings is 1. The van der Waals surface area contributed by atoms with Gasteiger partial charge in [0, 0.05) is 24.1 Å². The lowest BCUT2D eigenvalue weighted by atomic mass is 10.2. The molecule has 1 heterocycles. The number of anilines is 1. The molecule has 0 aliphatic rings. The first-order valence-corrected chi connectivity index (χ1v) is 7.84. The molecular formula is C16H17FN2OS. The first-order chi connectivity index (χ1) is 10.1. The summed E-state index contributed by atoms with van der Waals surface area (Å²) in [6.07, 6.45) is 2.10. The van der Waals surface area contributed by atoms with Gasteiger partial charge in [-0.1, -0.05) is 12.1 Å². The van der Waals surface area contributed by atoms with E-state index in [9.17, 15) is 9.18 Å². The summed E-state index contributed by atoms with van der Waals surface area (Å²) >= 11 is 1.63. The van der Waals surface area contributed by atoms with Crippen molar-refractivity contribution in [1.29, 1.82) is 0 Å². The molecule has 0 bridgehead atoms. The Morgan fingerprint density at radius 1 is 1.33 bits per heavy atom. The second-order valence-corrected chi connectivity index (χ2v) is 5.76. The lowest BCUT2D eigenvalue weighted by molar-refractivity contribution is -0.115. The molecule has 0 spiro atoms. The summed E-state index contributed by atoms with van der Waals surface area (Å²) in [7, 11) is 0. The Balaban J connectivity index is 1.72. The number of halogens is 1. The van der Waals surface area contributed by atoms with Crippen LogP contribution in [-0.2, 0) is 10.5 Å². The fraction of sp³-hybridized carbons (Fsp3) is 0.250. The van der Waals surface area contributed by atoms with Gasteiger partial charge in [0.05, 0.1) is 11.4 Å². The molecular weight excluding hydrogens is 287 g/mol. The van der Waals surface area contributed by atoms with Gasteiger partial charge in [-0.3, -0.25) is 9.78 Å². The molecule has 0 fully saturated rings. The quantitative estimate of drug-likeness (QED) is 0.826. The van der Waals surface area contributed by atoms with Crippen LogP contribution in [0.25, 0.3) is 0 Å². The molecule has 0 radical (unpaired) electrons. The van der Waals surface area contributed by atoms with Gasteiger partial charge in [-0.05, 0) is 36.8 Å². The molecule has 1 N–H and O–H groups in total. The van der Waals surface area contributed by atoms with E-state index in [-0.39, 0.29) is 11.6 Å². The molecule has 1 aromatic carbocycles. The second-order valence-electron chi connectivity index (χ2n) is 4.66. The van der Waals surface area contributed by atoms with E-state index in [1.807, 2.05) is 25.1 Å². The van der Waals surface area contributed by atoms with Crippen molar-refractivity contribution in [3.63, 3.8) is 0 Å². The molecule has 0 aliphatic heterocycles. The predicted molar refractivity (Wildman–Crippen MR) is 84.8 cm³/mol. The molecule has 0 saturated heterocycles. The molecule has 1 amide bonds. The van der Waals surface area contributed by atoms with E-state index in [0.717, 1.165) is 17.0 Å². The Morgan fingerprint density at radius 3 is 2.90 bits per heavy atom. The van der Waals surface area contributed by atoms with Crippen molar-refractivity contribution in [1.82, 2.24) is 4.98 Å². The van der Waals surface area contributed by atoms with E-state index in [0.29, 0.717) is 12.2 Å². The summed E-state index contributed by atoms with van der Waals surface area (Å²) in [5, 5.41) is 2.59. The number of thioether (sulfide) groups is 1. The number of aromatic nitrogens is 1. The maximum atomic E-state index is 13.6. The van der Waals surface area contributed by atoms with E-state index in [2.05, 4.69) is 10.3 Å². The zero-order chi connectivity index (χ0) is 15.1. The standard InChI is InChI=1S/C16H17FN2OS/c1-12-5-6-15(14(17)10-12)19-16(20)7-9-21-11-13-4-2-3-8-18-13/h2-6,8,10H,7,9,11H2,1H3,(H,19,20). The number of benzene rings is 1. The molecule has 110 valence electrons. The second kappa shape index (κ2) is 7.78. The van der Waals surface area contributed by atoms with Crippen LogP contribution < -0.4 is 5.32 Å².